The normalized spacial score (nSPS) is 17.2. The lowest BCUT2D eigenvalue weighted by Gasteiger charge is -2.27. The molecule has 0 saturated carbocycles. The molecule has 7 nitrogen and oxygen atoms in total. The first-order valence-electron chi connectivity index (χ1n) is 11.1. The van der Waals surface area contributed by atoms with Crippen LogP contribution in [0.4, 0.5) is 11.4 Å². The molecule has 0 aromatic heterocycles. The number of nitrogens with one attached hydrogen (secondary N) is 2. The van der Waals surface area contributed by atoms with Gasteiger partial charge in [-0.15, -0.1) is 11.8 Å². The number of phenolic OH excluding ortho intramolecular Hbond substituents is 1. The highest BCUT2D eigenvalue weighted by Crippen LogP contribution is 2.35. The van der Waals surface area contributed by atoms with E-state index in [0.717, 1.165) is 4.91 Å². The number of thioether (sulfide) groups is 1. The van der Waals surface area contributed by atoms with Crippen LogP contribution in [0, 0.1) is 11.3 Å². The van der Waals surface area contributed by atoms with Gasteiger partial charge in [0, 0.05) is 21.8 Å². The molecule has 0 radical (unpaired) electrons. The minimum Gasteiger partial charge on any atom is -0.506 e. The number of hydrogen-bond acceptors (Lipinski definition) is 6. The van der Waals surface area contributed by atoms with Crippen molar-refractivity contribution in [1.29, 1.82) is 5.26 Å². The minimum atomic E-state index is -2.86. The van der Waals surface area contributed by atoms with Gasteiger partial charge in [-0.2, -0.15) is 5.26 Å². The van der Waals surface area contributed by atoms with Crippen molar-refractivity contribution in [3.63, 3.8) is 0 Å². The third-order valence-electron chi connectivity index (χ3n) is 5.86. The van der Waals surface area contributed by atoms with Gasteiger partial charge in [0.1, 0.15) is 17.1 Å². The molecule has 1 aliphatic rings. The monoisotopic (exact) mass is 577 g/mol. The highest BCUT2D eigenvalue weighted by Gasteiger charge is 2.32. The van der Waals surface area contributed by atoms with Crippen LogP contribution in [0.25, 0.3) is 0 Å². The van der Waals surface area contributed by atoms with Gasteiger partial charge >= 0.3 is 0 Å². The van der Waals surface area contributed by atoms with Gasteiger partial charge in [-0.3, -0.25) is 13.8 Å². The van der Waals surface area contributed by atoms with Gasteiger partial charge in [0.25, 0.3) is 5.91 Å². The molecule has 2 amide bonds. The molecule has 3 N–H and O–H groups in total. The highest BCUT2D eigenvalue weighted by molar-refractivity contribution is 8.03. The molecule has 0 fully saturated rings. The standard InChI is InChI=1S/C26H25Cl2N3O4S2/c1-4-24(37(3,35)18-9-7-17(36-2)8-10-18)26(34)30-21-13-23(32)22(12-20(21)28)31-25(33)15-5-6-16(14-29)19(27)11-15/h5-9,11-13,18,24,32H,3-4,10H2,1-2H3,(H,30,34)(H,31,33). The summed E-state index contributed by atoms with van der Waals surface area (Å²) in [6, 6.07) is 8.57. The van der Waals surface area contributed by atoms with E-state index in [2.05, 4.69) is 16.5 Å². The Morgan fingerprint density at radius 1 is 1.24 bits per heavy atom. The topological polar surface area (TPSA) is 119 Å². The fourth-order valence-electron chi connectivity index (χ4n) is 3.80. The first-order chi connectivity index (χ1) is 17.5. The number of nitrogens with zero attached hydrogens (tertiary/aromatic N) is 1. The molecule has 2 aromatic rings. The first-order valence-corrected chi connectivity index (χ1v) is 15.0. The number of phenols is 1. The number of amides is 2. The fraction of sp³-hybridized carbons (Fsp3) is 0.231. The molecular weight excluding hydrogens is 553 g/mol. The van der Waals surface area contributed by atoms with E-state index in [1.807, 2.05) is 30.6 Å². The van der Waals surface area contributed by atoms with Gasteiger partial charge in [-0.1, -0.05) is 48.4 Å². The van der Waals surface area contributed by atoms with Crippen molar-refractivity contribution in [3.05, 3.63) is 74.6 Å². The molecule has 0 saturated heterocycles. The van der Waals surface area contributed by atoms with E-state index in [-0.39, 0.29) is 43.5 Å². The number of rotatable bonds is 8. The predicted octanol–water partition coefficient (Wildman–Crippen LogP) is 5.83. The van der Waals surface area contributed by atoms with Crippen molar-refractivity contribution in [1.82, 2.24) is 0 Å². The van der Waals surface area contributed by atoms with Crippen LogP contribution in [0.1, 0.15) is 35.7 Å². The maximum absolute atomic E-state index is 13.6. The van der Waals surface area contributed by atoms with Crippen molar-refractivity contribution >= 4 is 73.5 Å². The van der Waals surface area contributed by atoms with E-state index in [0.29, 0.717) is 12.8 Å². The molecular formula is C26H25Cl2N3O4S2. The highest BCUT2D eigenvalue weighted by atomic mass is 35.5. The van der Waals surface area contributed by atoms with Crippen LogP contribution in [0.15, 0.2) is 53.5 Å². The summed E-state index contributed by atoms with van der Waals surface area (Å²) >= 11 is 13.9. The van der Waals surface area contributed by atoms with Gasteiger partial charge in [0.2, 0.25) is 5.91 Å². The Bertz CT molecular complexity index is 1450. The van der Waals surface area contributed by atoms with E-state index >= 15 is 0 Å². The van der Waals surface area contributed by atoms with Crippen molar-refractivity contribution < 1.29 is 18.9 Å². The number of nitriles is 1. The van der Waals surface area contributed by atoms with Crippen LogP contribution >= 0.6 is 35.0 Å². The fourth-order valence-corrected chi connectivity index (χ4v) is 6.89. The summed E-state index contributed by atoms with van der Waals surface area (Å²) in [4.78, 5) is 26.8. The zero-order valence-electron chi connectivity index (χ0n) is 20.1. The number of carbonyl (C=O) groups excluding carboxylic acids is 2. The minimum absolute atomic E-state index is 0.00482. The van der Waals surface area contributed by atoms with Gasteiger partial charge in [-0.05, 0) is 58.8 Å². The number of halogens is 2. The Balaban J connectivity index is 1.76. The van der Waals surface area contributed by atoms with Crippen LogP contribution in [0.3, 0.4) is 0 Å². The molecule has 11 heteroatoms. The van der Waals surface area contributed by atoms with E-state index in [1.165, 1.54) is 30.3 Å². The zero-order valence-corrected chi connectivity index (χ0v) is 23.2. The summed E-state index contributed by atoms with van der Waals surface area (Å²) in [6.07, 6.45) is 8.50. The molecule has 194 valence electrons. The predicted molar refractivity (Wildman–Crippen MR) is 154 cm³/mol. The molecule has 0 aliphatic heterocycles. The lowest BCUT2D eigenvalue weighted by molar-refractivity contribution is -0.115. The second kappa shape index (κ2) is 12.1. The SMILES string of the molecule is C=S(=O)(C1C=CC(SC)=CC1)C(CC)C(=O)Nc1cc(O)c(NC(=O)c2ccc(C#N)c(Cl)c2)cc1Cl. The Morgan fingerprint density at radius 2 is 1.97 bits per heavy atom. The van der Waals surface area contributed by atoms with E-state index in [9.17, 15) is 18.9 Å². The van der Waals surface area contributed by atoms with Crippen LogP contribution in [0.2, 0.25) is 10.0 Å². The van der Waals surface area contributed by atoms with Crippen LogP contribution in [0.5, 0.6) is 5.75 Å². The van der Waals surface area contributed by atoms with Crippen molar-refractivity contribution in [2.24, 2.45) is 0 Å². The molecule has 0 bridgehead atoms. The lowest BCUT2D eigenvalue weighted by Crippen LogP contribution is -2.40. The molecule has 0 spiro atoms. The molecule has 1 aliphatic carbocycles. The van der Waals surface area contributed by atoms with Gasteiger partial charge in [0.05, 0.1) is 27.0 Å². The Labute approximate surface area is 230 Å². The van der Waals surface area contributed by atoms with E-state index < -0.39 is 26.6 Å². The summed E-state index contributed by atoms with van der Waals surface area (Å²) in [5.41, 5.74) is 0.497. The Hall–Kier alpha value is -2.90. The number of hydrogen-bond donors (Lipinski definition) is 3. The smallest absolute Gasteiger partial charge is 0.255 e. The Morgan fingerprint density at radius 3 is 2.54 bits per heavy atom. The van der Waals surface area contributed by atoms with Gasteiger partial charge in [0.15, 0.2) is 0 Å². The van der Waals surface area contributed by atoms with E-state index in [1.54, 1.807) is 18.7 Å². The number of allylic oxidation sites excluding steroid dienone is 2. The average Bonchev–Trinajstić information content (AvgIpc) is 2.87. The summed E-state index contributed by atoms with van der Waals surface area (Å²) in [5.74, 6) is 2.47. The second-order valence-electron chi connectivity index (χ2n) is 8.22. The molecule has 3 unspecified atom stereocenters. The van der Waals surface area contributed by atoms with E-state index in [4.69, 9.17) is 28.5 Å². The molecule has 3 atom stereocenters. The van der Waals surface area contributed by atoms with Crippen LogP contribution < -0.4 is 10.6 Å². The Kier molecular flexibility index (Phi) is 9.37. The number of benzene rings is 2. The third kappa shape index (κ3) is 6.51. The summed E-state index contributed by atoms with van der Waals surface area (Å²) in [7, 11) is -2.86. The number of aromatic hydroxyl groups is 1. The molecule has 0 heterocycles. The zero-order chi connectivity index (χ0) is 27.3. The average molecular weight is 579 g/mol. The maximum Gasteiger partial charge on any atom is 0.255 e. The number of carbonyl (C=O) groups is 2. The third-order valence-corrected chi connectivity index (χ3v) is 10.1. The lowest BCUT2D eigenvalue weighted by atomic mass is 10.1. The van der Waals surface area contributed by atoms with Gasteiger partial charge in [-0.25, -0.2) is 0 Å². The van der Waals surface area contributed by atoms with Crippen LogP contribution in [-0.2, 0) is 14.3 Å². The van der Waals surface area contributed by atoms with Crippen LogP contribution in [-0.4, -0.2) is 43.8 Å². The van der Waals surface area contributed by atoms with Crippen molar-refractivity contribution in [2.75, 3.05) is 16.9 Å². The maximum atomic E-state index is 13.6. The number of anilines is 2. The first kappa shape index (κ1) is 28.7. The molecule has 37 heavy (non-hydrogen) atoms. The summed E-state index contributed by atoms with van der Waals surface area (Å²) in [6.45, 7) is 1.76. The summed E-state index contributed by atoms with van der Waals surface area (Å²) < 4.78 is 13.6. The largest absolute Gasteiger partial charge is 0.506 e. The second-order valence-corrected chi connectivity index (χ2v) is 12.6. The quantitative estimate of drug-likeness (QED) is 0.268. The molecule has 2 aromatic carbocycles. The van der Waals surface area contributed by atoms with Crippen molar-refractivity contribution in [3.8, 4) is 11.8 Å². The van der Waals surface area contributed by atoms with Crippen molar-refractivity contribution in [2.45, 2.75) is 30.3 Å². The molecule has 3 rings (SSSR count). The summed E-state index contributed by atoms with van der Waals surface area (Å²) in [5, 5.41) is 23.5. The van der Waals surface area contributed by atoms with Gasteiger partial charge < -0.3 is 15.7 Å².